The molecule has 0 aliphatic heterocycles. The number of rotatable bonds is 3. The molecule has 0 spiro atoms. The van der Waals surface area contributed by atoms with E-state index >= 15 is 0 Å². The lowest BCUT2D eigenvalue weighted by Crippen LogP contribution is -2.50. The molecule has 0 radical (unpaired) electrons. The normalized spacial score (nSPS) is 25.7. The molecular formula is C16H24N2O4. The molecule has 0 bridgehead atoms. The number of primary amides is 1. The van der Waals surface area contributed by atoms with Crippen LogP contribution in [0, 0.1) is 17.8 Å². The Morgan fingerprint density at radius 1 is 1.36 bits per heavy atom. The molecule has 1 aliphatic rings. The van der Waals surface area contributed by atoms with Crippen LogP contribution in [0.4, 0.5) is 0 Å². The number of carbonyl (C=O) groups excluding carboxylic acids is 2. The average molecular weight is 308 g/mol. The van der Waals surface area contributed by atoms with Gasteiger partial charge in [0.2, 0.25) is 5.91 Å². The minimum absolute atomic E-state index is 0.198. The van der Waals surface area contributed by atoms with Crippen LogP contribution in [0.25, 0.3) is 0 Å². The van der Waals surface area contributed by atoms with Crippen molar-refractivity contribution >= 4 is 11.9 Å². The third-order valence-electron chi connectivity index (χ3n) is 4.94. The Kier molecular flexibility index (Phi) is 4.31. The summed E-state index contributed by atoms with van der Waals surface area (Å²) in [5.74, 6) is -0.243. The zero-order chi connectivity index (χ0) is 16.5. The van der Waals surface area contributed by atoms with E-state index in [1.54, 1.807) is 6.92 Å². The van der Waals surface area contributed by atoms with Gasteiger partial charge in [-0.3, -0.25) is 4.79 Å². The van der Waals surface area contributed by atoms with E-state index in [9.17, 15) is 9.59 Å². The summed E-state index contributed by atoms with van der Waals surface area (Å²) in [5, 5.41) is 3.58. The first-order chi connectivity index (χ1) is 10.2. The summed E-state index contributed by atoms with van der Waals surface area (Å²) >= 11 is 0. The Bertz CT molecular complexity index is 563. The number of nitrogens with zero attached hydrogens (tertiary/aromatic N) is 1. The molecule has 1 aromatic heterocycles. The number of esters is 1. The molecule has 0 unspecified atom stereocenters. The number of nitrogens with two attached hydrogens (primary N) is 1. The summed E-state index contributed by atoms with van der Waals surface area (Å²) in [7, 11) is 0. The lowest BCUT2D eigenvalue weighted by molar-refractivity contribution is -0.139. The predicted octanol–water partition coefficient (Wildman–Crippen LogP) is 2.60. The molecule has 0 atom stereocenters. The molecule has 6 nitrogen and oxygen atoms in total. The first kappa shape index (κ1) is 16.5. The number of carbonyl (C=O) groups is 2. The van der Waals surface area contributed by atoms with Crippen molar-refractivity contribution in [1.29, 1.82) is 0 Å². The number of aromatic nitrogens is 1. The lowest BCUT2D eigenvalue weighted by Gasteiger charge is -2.46. The Balaban J connectivity index is 2.02. The maximum Gasteiger partial charge on any atom is 0.343 e. The number of hydrogen-bond donors (Lipinski definition) is 1. The van der Waals surface area contributed by atoms with E-state index in [4.69, 9.17) is 15.0 Å². The Morgan fingerprint density at radius 3 is 2.36 bits per heavy atom. The Labute approximate surface area is 130 Å². The van der Waals surface area contributed by atoms with Gasteiger partial charge in [0, 0.05) is 0 Å². The Morgan fingerprint density at radius 2 is 1.95 bits per heavy atom. The Hall–Kier alpha value is -1.85. The zero-order valence-corrected chi connectivity index (χ0v) is 13.6. The first-order valence-electron chi connectivity index (χ1n) is 7.59. The van der Waals surface area contributed by atoms with Crippen LogP contribution in [0.3, 0.4) is 0 Å². The summed E-state index contributed by atoms with van der Waals surface area (Å²) in [6, 6.07) is 0. The first-order valence-corrected chi connectivity index (χ1v) is 7.59. The van der Waals surface area contributed by atoms with E-state index in [1.807, 2.05) is 20.8 Å². The van der Waals surface area contributed by atoms with Crippen LogP contribution in [-0.2, 0) is 9.53 Å². The van der Waals surface area contributed by atoms with Crippen molar-refractivity contribution in [2.24, 2.45) is 16.6 Å². The summed E-state index contributed by atoms with van der Waals surface area (Å²) < 4.78 is 10.4. The van der Waals surface area contributed by atoms with Gasteiger partial charge in [-0.25, -0.2) is 4.79 Å². The SMILES string of the molecule is Cc1oncc1C(=O)OC1CCC(C(N)=O)(C(C)(C)C)CC1. The maximum atomic E-state index is 12.1. The average Bonchev–Trinajstić information content (AvgIpc) is 2.84. The highest BCUT2D eigenvalue weighted by molar-refractivity contribution is 5.90. The summed E-state index contributed by atoms with van der Waals surface area (Å²) in [6.07, 6.45) is 3.70. The van der Waals surface area contributed by atoms with Crippen LogP contribution in [0.15, 0.2) is 10.7 Å². The van der Waals surface area contributed by atoms with E-state index in [1.165, 1.54) is 6.20 Å². The van der Waals surface area contributed by atoms with E-state index in [-0.39, 0.29) is 17.4 Å². The molecule has 1 aliphatic carbocycles. The van der Waals surface area contributed by atoms with Crippen LogP contribution < -0.4 is 5.73 Å². The van der Waals surface area contributed by atoms with Crippen molar-refractivity contribution in [2.75, 3.05) is 0 Å². The monoisotopic (exact) mass is 308 g/mol. The summed E-state index contributed by atoms with van der Waals surface area (Å²) in [6.45, 7) is 7.77. The van der Waals surface area contributed by atoms with E-state index in [0.717, 1.165) is 0 Å². The quantitative estimate of drug-likeness (QED) is 0.866. The summed E-state index contributed by atoms with van der Waals surface area (Å²) in [4.78, 5) is 24.1. The molecule has 1 amide bonds. The van der Waals surface area contributed by atoms with E-state index in [0.29, 0.717) is 37.0 Å². The van der Waals surface area contributed by atoms with Gasteiger partial charge in [0.1, 0.15) is 17.4 Å². The van der Waals surface area contributed by atoms with Gasteiger partial charge in [-0.05, 0) is 38.0 Å². The van der Waals surface area contributed by atoms with Crippen LogP contribution in [0.2, 0.25) is 0 Å². The highest BCUT2D eigenvalue weighted by atomic mass is 16.5. The molecule has 0 saturated heterocycles. The number of aryl methyl sites for hydroxylation is 1. The van der Waals surface area contributed by atoms with Gasteiger partial charge >= 0.3 is 5.97 Å². The van der Waals surface area contributed by atoms with Crippen molar-refractivity contribution < 1.29 is 18.8 Å². The highest BCUT2D eigenvalue weighted by Gasteiger charge is 2.49. The van der Waals surface area contributed by atoms with Crippen molar-refractivity contribution in [2.45, 2.75) is 59.5 Å². The molecular weight excluding hydrogens is 284 g/mol. The van der Waals surface area contributed by atoms with E-state index in [2.05, 4.69) is 5.16 Å². The van der Waals surface area contributed by atoms with Gasteiger partial charge < -0.3 is 15.0 Å². The maximum absolute atomic E-state index is 12.1. The van der Waals surface area contributed by atoms with Crippen molar-refractivity contribution in [3.05, 3.63) is 17.5 Å². The lowest BCUT2D eigenvalue weighted by atomic mass is 9.58. The molecule has 1 fully saturated rings. The van der Waals surface area contributed by atoms with Gasteiger partial charge in [-0.15, -0.1) is 0 Å². The number of hydrogen-bond acceptors (Lipinski definition) is 5. The molecule has 2 rings (SSSR count). The fourth-order valence-electron chi connectivity index (χ4n) is 3.28. The smallest absolute Gasteiger partial charge is 0.343 e. The van der Waals surface area contributed by atoms with Crippen molar-refractivity contribution in [1.82, 2.24) is 5.16 Å². The molecule has 22 heavy (non-hydrogen) atoms. The largest absolute Gasteiger partial charge is 0.459 e. The third-order valence-corrected chi connectivity index (χ3v) is 4.94. The van der Waals surface area contributed by atoms with Crippen LogP contribution in [0.1, 0.15) is 62.6 Å². The zero-order valence-electron chi connectivity index (χ0n) is 13.6. The summed E-state index contributed by atoms with van der Waals surface area (Å²) in [5.41, 5.74) is 5.27. The van der Waals surface area contributed by atoms with Gasteiger partial charge in [-0.1, -0.05) is 25.9 Å². The second-order valence-electron chi connectivity index (χ2n) is 7.10. The minimum Gasteiger partial charge on any atom is -0.459 e. The third kappa shape index (κ3) is 2.87. The topological polar surface area (TPSA) is 95.4 Å². The fraction of sp³-hybridized carbons (Fsp3) is 0.688. The number of amides is 1. The molecule has 6 heteroatoms. The van der Waals surface area contributed by atoms with Gasteiger partial charge in [0.25, 0.3) is 0 Å². The van der Waals surface area contributed by atoms with Crippen molar-refractivity contribution in [3.63, 3.8) is 0 Å². The van der Waals surface area contributed by atoms with E-state index < -0.39 is 11.4 Å². The molecule has 2 N–H and O–H groups in total. The molecule has 1 aromatic rings. The van der Waals surface area contributed by atoms with Gasteiger partial charge in [0.15, 0.2) is 0 Å². The number of ether oxygens (including phenoxy) is 1. The molecule has 1 saturated carbocycles. The second kappa shape index (κ2) is 5.74. The predicted molar refractivity (Wildman–Crippen MR) is 80.0 cm³/mol. The second-order valence-corrected chi connectivity index (χ2v) is 7.10. The van der Waals surface area contributed by atoms with Crippen LogP contribution >= 0.6 is 0 Å². The molecule has 1 heterocycles. The minimum atomic E-state index is -0.539. The van der Waals surface area contributed by atoms with Crippen molar-refractivity contribution in [3.8, 4) is 0 Å². The molecule has 0 aromatic carbocycles. The van der Waals surface area contributed by atoms with Crippen LogP contribution in [0.5, 0.6) is 0 Å². The van der Waals surface area contributed by atoms with Crippen LogP contribution in [-0.4, -0.2) is 23.1 Å². The van der Waals surface area contributed by atoms with Gasteiger partial charge in [-0.2, -0.15) is 0 Å². The fourth-order valence-corrected chi connectivity index (χ4v) is 3.28. The highest BCUT2D eigenvalue weighted by Crippen LogP contribution is 2.49. The standard InChI is InChI=1S/C16H24N2O4/c1-10-12(9-18-22-10)13(19)21-11-5-7-16(8-6-11,14(17)20)15(2,3)4/h9,11H,5-8H2,1-4H3,(H2,17,20). The van der Waals surface area contributed by atoms with Gasteiger partial charge in [0.05, 0.1) is 11.6 Å². The molecule has 122 valence electrons.